The lowest BCUT2D eigenvalue weighted by molar-refractivity contribution is -0.0546. The summed E-state index contributed by atoms with van der Waals surface area (Å²) in [5.41, 5.74) is 10.3. The number of aliphatic hydroxyl groups excluding tert-OH is 3. The van der Waals surface area contributed by atoms with Crippen LogP contribution in [-0.2, 0) is 30.3 Å². The Bertz CT molecular complexity index is 1810. The van der Waals surface area contributed by atoms with Crippen molar-refractivity contribution in [2.24, 2.45) is 0 Å². The lowest BCUT2D eigenvalue weighted by atomic mass is 10.1. The SMILES string of the molecule is Nc1nc2c(ncn2[C@@H]2O[C@H](COP(O)(=S)OC3C[C@H](n4cnc5c(=O)[nH]c(N)nc54)O[C@@H]3CO)[C@@H](O)[C@H]2O)c(=O)[nH]1. The van der Waals surface area contributed by atoms with Gasteiger partial charge in [-0.2, -0.15) is 9.97 Å². The van der Waals surface area contributed by atoms with Gasteiger partial charge in [0.15, 0.2) is 28.6 Å². The van der Waals surface area contributed by atoms with Crippen LogP contribution in [0, 0.1) is 0 Å². The number of aromatic nitrogens is 8. The smallest absolute Gasteiger partial charge is 0.324 e. The monoisotopic (exact) mass is 628 g/mol. The topological polar surface area (TPSA) is 297 Å². The summed E-state index contributed by atoms with van der Waals surface area (Å²) >= 11 is 5.15. The van der Waals surface area contributed by atoms with E-state index < -0.39 is 74.0 Å². The first-order valence-corrected chi connectivity index (χ1v) is 14.9. The van der Waals surface area contributed by atoms with Crippen molar-refractivity contribution in [3.05, 3.63) is 33.4 Å². The van der Waals surface area contributed by atoms with Gasteiger partial charge in [-0.3, -0.25) is 28.7 Å². The Balaban J connectivity index is 1.13. The molecule has 8 atom stereocenters. The molecule has 2 saturated heterocycles. The van der Waals surface area contributed by atoms with Crippen LogP contribution < -0.4 is 22.6 Å². The van der Waals surface area contributed by atoms with Gasteiger partial charge in [-0.25, -0.2) is 9.97 Å². The minimum Gasteiger partial charge on any atom is -0.394 e. The summed E-state index contributed by atoms with van der Waals surface area (Å²) in [4.78, 5) is 55.7. The zero-order chi connectivity index (χ0) is 29.9. The van der Waals surface area contributed by atoms with Crippen LogP contribution in [0.4, 0.5) is 11.9 Å². The molecule has 0 aliphatic carbocycles. The minimum absolute atomic E-state index is 0.0173. The molecule has 10 N–H and O–H groups in total. The fourth-order valence-electron chi connectivity index (χ4n) is 4.90. The molecule has 20 nitrogen and oxygen atoms in total. The Morgan fingerprint density at radius 3 is 2.21 bits per heavy atom. The number of imidazole rings is 2. The molecule has 2 unspecified atom stereocenters. The van der Waals surface area contributed by atoms with E-state index in [0.717, 1.165) is 0 Å². The Hall–Kier alpha value is -3.37. The molecule has 4 aromatic rings. The molecule has 2 fully saturated rings. The van der Waals surface area contributed by atoms with E-state index in [2.05, 4.69) is 29.9 Å². The standard InChI is InChI=1S/C20H25N10O10PS/c21-19-25-14-10(16(34)27-19)23-4-29(14)9-1-6(7(2-31)38-9)40-41(36,42)37-3-8-12(32)13(33)18(39-8)30-5-24-11-15(30)26-20(22)28-17(11)35/h4-9,12-13,18,31-33H,1-3H2,(H,36,42)(H3,21,25,27,34)(H3,22,26,28,35)/t6?,7-,8-,9-,12-,13-,18-,41?/m1/s1. The summed E-state index contributed by atoms with van der Waals surface area (Å²) < 4.78 is 25.3. The molecule has 0 saturated carbocycles. The summed E-state index contributed by atoms with van der Waals surface area (Å²) in [6, 6.07) is 0. The van der Waals surface area contributed by atoms with Crippen LogP contribution in [-0.4, -0.2) is 103 Å². The number of H-pyrrole nitrogens is 2. The summed E-state index contributed by atoms with van der Waals surface area (Å²) in [5, 5.41) is 31.1. The molecular formula is C20H25N10O10PS. The third-order valence-electron chi connectivity index (χ3n) is 6.85. The number of hydrogen-bond acceptors (Lipinski definition) is 16. The number of aromatic amines is 2. The van der Waals surface area contributed by atoms with Crippen molar-refractivity contribution in [2.75, 3.05) is 24.7 Å². The van der Waals surface area contributed by atoms with E-state index in [1.54, 1.807) is 0 Å². The van der Waals surface area contributed by atoms with Gasteiger partial charge in [-0.15, -0.1) is 0 Å². The average molecular weight is 629 g/mol. The number of aliphatic hydroxyl groups is 3. The normalized spacial score (nSPS) is 29.5. The number of nitrogen functional groups attached to an aromatic ring is 2. The van der Waals surface area contributed by atoms with Crippen molar-refractivity contribution in [3.8, 4) is 0 Å². The lowest BCUT2D eigenvalue weighted by Crippen LogP contribution is -2.34. The minimum atomic E-state index is -4.03. The highest BCUT2D eigenvalue weighted by Gasteiger charge is 2.46. The average Bonchev–Trinajstić information content (AvgIpc) is 3.69. The molecular weight excluding hydrogens is 603 g/mol. The van der Waals surface area contributed by atoms with Crippen LogP contribution in [0.3, 0.4) is 0 Å². The van der Waals surface area contributed by atoms with Crippen molar-refractivity contribution in [1.29, 1.82) is 0 Å². The summed E-state index contributed by atoms with van der Waals surface area (Å²) in [6.45, 7) is -5.03. The molecule has 22 heteroatoms. The lowest BCUT2D eigenvalue weighted by Gasteiger charge is -2.24. The van der Waals surface area contributed by atoms with E-state index in [4.69, 9.17) is 41.8 Å². The van der Waals surface area contributed by atoms with E-state index in [-0.39, 0.29) is 40.6 Å². The number of nitrogens with one attached hydrogen (secondary N) is 2. The predicted octanol–water partition coefficient (Wildman–Crippen LogP) is -3.07. The second-order valence-corrected chi connectivity index (χ2v) is 12.3. The Morgan fingerprint density at radius 1 is 1.00 bits per heavy atom. The number of fused-ring (bicyclic) bond motifs is 2. The molecule has 6 rings (SSSR count). The van der Waals surface area contributed by atoms with Crippen LogP contribution in [0.1, 0.15) is 18.9 Å². The Kier molecular flexibility index (Phi) is 7.33. The van der Waals surface area contributed by atoms with Gasteiger partial charge in [-0.1, -0.05) is 0 Å². The van der Waals surface area contributed by atoms with Crippen molar-refractivity contribution in [2.45, 2.75) is 49.4 Å². The van der Waals surface area contributed by atoms with E-state index in [0.29, 0.717) is 0 Å². The van der Waals surface area contributed by atoms with Crippen LogP contribution in [0.15, 0.2) is 22.2 Å². The predicted molar refractivity (Wildman–Crippen MR) is 144 cm³/mol. The van der Waals surface area contributed by atoms with Crippen molar-refractivity contribution in [1.82, 2.24) is 39.0 Å². The Morgan fingerprint density at radius 2 is 1.60 bits per heavy atom. The summed E-state index contributed by atoms with van der Waals surface area (Å²) in [6.07, 6.45) is -5.54. The molecule has 6 heterocycles. The number of rotatable bonds is 8. The van der Waals surface area contributed by atoms with Gasteiger partial charge in [0.2, 0.25) is 11.9 Å². The van der Waals surface area contributed by atoms with Gasteiger partial charge in [-0.05, 0) is 11.8 Å². The van der Waals surface area contributed by atoms with E-state index >= 15 is 0 Å². The molecule has 4 aromatic heterocycles. The first-order chi connectivity index (χ1) is 20.0. The van der Waals surface area contributed by atoms with E-state index in [9.17, 15) is 29.8 Å². The highest BCUT2D eigenvalue weighted by Crippen LogP contribution is 2.49. The number of nitrogens with zero attached hydrogens (tertiary/aromatic N) is 6. The zero-order valence-corrected chi connectivity index (χ0v) is 23.0. The second-order valence-electron chi connectivity index (χ2n) is 9.55. The quantitative estimate of drug-likeness (QED) is 0.0898. The van der Waals surface area contributed by atoms with Crippen LogP contribution in [0.5, 0.6) is 0 Å². The third-order valence-corrected chi connectivity index (χ3v) is 8.44. The van der Waals surface area contributed by atoms with Crippen molar-refractivity contribution >= 4 is 52.7 Å². The third kappa shape index (κ3) is 5.08. The maximum absolute atomic E-state index is 12.1. The van der Waals surface area contributed by atoms with E-state index in [1.807, 2.05) is 0 Å². The highest BCUT2D eigenvalue weighted by atomic mass is 32.5. The molecule has 0 amide bonds. The van der Waals surface area contributed by atoms with E-state index in [1.165, 1.54) is 21.8 Å². The molecule has 0 radical (unpaired) electrons. The molecule has 0 aromatic carbocycles. The Labute approximate surface area is 238 Å². The molecule has 2 aliphatic rings. The molecule has 0 spiro atoms. The molecule has 42 heavy (non-hydrogen) atoms. The van der Waals surface area contributed by atoms with Crippen LogP contribution >= 0.6 is 6.72 Å². The first-order valence-electron chi connectivity index (χ1n) is 12.3. The molecule has 2 aliphatic heterocycles. The summed E-state index contributed by atoms with van der Waals surface area (Å²) in [7, 11) is 0. The van der Waals surface area contributed by atoms with Crippen molar-refractivity contribution in [3.63, 3.8) is 0 Å². The molecule has 0 bridgehead atoms. The fourth-order valence-corrected chi connectivity index (χ4v) is 6.37. The highest BCUT2D eigenvalue weighted by molar-refractivity contribution is 8.07. The van der Waals surface area contributed by atoms with Gasteiger partial charge in [0, 0.05) is 6.42 Å². The first kappa shape index (κ1) is 28.7. The van der Waals surface area contributed by atoms with Crippen LogP contribution in [0.25, 0.3) is 22.3 Å². The molecule has 226 valence electrons. The van der Waals surface area contributed by atoms with Gasteiger partial charge in [0.25, 0.3) is 11.1 Å². The number of hydrogen-bond donors (Lipinski definition) is 8. The van der Waals surface area contributed by atoms with Crippen LogP contribution in [0.2, 0.25) is 0 Å². The van der Waals surface area contributed by atoms with Gasteiger partial charge >= 0.3 is 6.72 Å². The summed E-state index contributed by atoms with van der Waals surface area (Å²) in [5.74, 6) is -0.313. The number of anilines is 2. The zero-order valence-electron chi connectivity index (χ0n) is 21.2. The number of ether oxygens (including phenoxy) is 2. The second kappa shape index (κ2) is 10.7. The maximum Gasteiger partial charge on any atom is 0.324 e. The van der Waals surface area contributed by atoms with Gasteiger partial charge in [0.05, 0.1) is 32.0 Å². The fraction of sp³-hybridized carbons (Fsp3) is 0.500. The van der Waals surface area contributed by atoms with Gasteiger partial charge < -0.3 is 50.2 Å². The maximum atomic E-state index is 12.1. The number of nitrogens with two attached hydrogens (primary N) is 2. The largest absolute Gasteiger partial charge is 0.394 e. The van der Waals surface area contributed by atoms with Crippen molar-refractivity contribution < 1.29 is 38.7 Å². The van der Waals surface area contributed by atoms with Gasteiger partial charge in [0.1, 0.15) is 30.6 Å².